The highest BCUT2D eigenvalue weighted by Gasteiger charge is 2.19. The van der Waals surface area contributed by atoms with Crippen molar-refractivity contribution in [3.8, 4) is 11.5 Å². The Morgan fingerprint density at radius 3 is 2.63 bits per heavy atom. The highest BCUT2D eigenvalue weighted by Crippen LogP contribution is 2.35. The van der Waals surface area contributed by atoms with Gasteiger partial charge in [-0.3, -0.25) is 4.79 Å². The number of ketones is 1. The van der Waals surface area contributed by atoms with Gasteiger partial charge in [0, 0.05) is 23.5 Å². The molecule has 0 saturated carbocycles. The van der Waals surface area contributed by atoms with Gasteiger partial charge in [-0.05, 0) is 39.0 Å². The van der Waals surface area contributed by atoms with Crippen molar-refractivity contribution in [3.05, 3.63) is 58.4 Å². The number of aromatic nitrogens is 1. The van der Waals surface area contributed by atoms with Crippen LogP contribution in [0.2, 0.25) is 5.02 Å². The minimum Gasteiger partial charge on any atom is -0.503 e. The summed E-state index contributed by atoms with van der Waals surface area (Å²) in [5.41, 5.74) is 2.31. The smallest absolute Gasteiger partial charge is 0.338 e. The van der Waals surface area contributed by atoms with Gasteiger partial charge in [-0.15, -0.1) is 6.58 Å². The van der Waals surface area contributed by atoms with Crippen molar-refractivity contribution in [2.24, 2.45) is 0 Å². The summed E-state index contributed by atoms with van der Waals surface area (Å²) >= 11 is 5.91. The molecule has 1 aromatic carbocycles. The lowest BCUT2D eigenvalue weighted by Crippen LogP contribution is -2.15. The molecule has 0 saturated heterocycles. The van der Waals surface area contributed by atoms with E-state index in [1.165, 1.54) is 12.1 Å². The Morgan fingerprint density at radius 2 is 2.00 bits per heavy atom. The van der Waals surface area contributed by atoms with Gasteiger partial charge in [0.1, 0.15) is 0 Å². The molecule has 0 amide bonds. The Labute approximate surface area is 163 Å². The van der Waals surface area contributed by atoms with Gasteiger partial charge in [-0.1, -0.05) is 17.7 Å². The largest absolute Gasteiger partial charge is 0.503 e. The number of hydrogen-bond donors (Lipinski definition) is 1. The van der Waals surface area contributed by atoms with Gasteiger partial charge >= 0.3 is 5.97 Å². The van der Waals surface area contributed by atoms with E-state index in [9.17, 15) is 14.7 Å². The van der Waals surface area contributed by atoms with E-state index in [1.54, 1.807) is 19.1 Å². The molecule has 0 fully saturated rings. The van der Waals surface area contributed by atoms with Gasteiger partial charge in [0.15, 0.2) is 18.1 Å². The summed E-state index contributed by atoms with van der Waals surface area (Å²) in [5.74, 6) is -1.20. The molecule has 0 aliphatic carbocycles. The molecule has 1 heterocycles. The maximum atomic E-state index is 12.5. The summed E-state index contributed by atoms with van der Waals surface area (Å²) in [5, 5.41) is 9.80. The van der Waals surface area contributed by atoms with Crippen LogP contribution in [0.3, 0.4) is 0 Å². The number of carbonyl (C=O) groups excluding carboxylic acids is 2. The lowest BCUT2D eigenvalue weighted by Gasteiger charge is -2.10. The van der Waals surface area contributed by atoms with Crippen LogP contribution in [0.15, 0.2) is 30.9 Å². The SMILES string of the molecule is C=CCn1c(C)cc(C(=O)COC(=O)c2cc(Cl)c(O)c(OCC)c2)c1C. The monoisotopic (exact) mass is 391 g/mol. The van der Waals surface area contributed by atoms with Gasteiger partial charge in [-0.2, -0.15) is 0 Å². The number of phenolic OH excluding ortho intramolecular Hbond substituents is 1. The van der Waals surface area contributed by atoms with Crippen LogP contribution in [-0.2, 0) is 11.3 Å². The summed E-state index contributed by atoms with van der Waals surface area (Å²) in [4.78, 5) is 24.7. The van der Waals surface area contributed by atoms with Crippen LogP contribution in [-0.4, -0.2) is 34.6 Å². The molecule has 0 unspecified atom stereocenters. The Morgan fingerprint density at radius 1 is 1.30 bits per heavy atom. The molecular weight excluding hydrogens is 370 g/mol. The van der Waals surface area contributed by atoms with Crippen LogP contribution in [0.25, 0.3) is 0 Å². The van der Waals surface area contributed by atoms with Crippen LogP contribution in [0.4, 0.5) is 0 Å². The normalized spacial score (nSPS) is 10.5. The zero-order valence-electron chi connectivity index (χ0n) is 15.5. The van der Waals surface area contributed by atoms with Gasteiger partial charge < -0.3 is 19.1 Å². The summed E-state index contributed by atoms with van der Waals surface area (Å²) < 4.78 is 12.3. The molecule has 6 nitrogen and oxygen atoms in total. The molecule has 27 heavy (non-hydrogen) atoms. The maximum absolute atomic E-state index is 12.5. The van der Waals surface area contributed by atoms with Crippen LogP contribution in [0.5, 0.6) is 11.5 Å². The molecule has 0 spiro atoms. The van der Waals surface area contributed by atoms with Gasteiger partial charge in [-0.25, -0.2) is 4.79 Å². The molecule has 0 radical (unpaired) electrons. The van der Waals surface area contributed by atoms with E-state index < -0.39 is 12.6 Å². The third kappa shape index (κ3) is 4.52. The number of phenols is 1. The second kappa shape index (κ2) is 8.77. The number of carbonyl (C=O) groups is 2. The molecule has 2 aromatic rings. The van der Waals surface area contributed by atoms with Crippen LogP contribution < -0.4 is 4.74 Å². The Bertz CT molecular complexity index is 885. The van der Waals surface area contributed by atoms with Crippen molar-refractivity contribution in [1.82, 2.24) is 4.57 Å². The number of esters is 1. The summed E-state index contributed by atoms with van der Waals surface area (Å²) in [6.45, 7) is 9.65. The van der Waals surface area contributed by atoms with Crippen LogP contribution in [0, 0.1) is 13.8 Å². The van der Waals surface area contributed by atoms with E-state index in [-0.39, 0.29) is 27.9 Å². The van der Waals surface area contributed by atoms with Gasteiger partial charge in [0.05, 0.1) is 17.2 Å². The van der Waals surface area contributed by atoms with E-state index in [2.05, 4.69) is 6.58 Å². The lowest BCUT2D eigenvalue weighted by atomic mass is 10.1. The van der Waals surface area contributed by atoms with Gasteiger partial charge in [0.25, 0.3) is 0 Å². The first-order valence-corrected chi connectivity index (χ1v) is 8.81. The number of benzene rings is 1. The Balaban J connectivity index is 2.13. The number of Topliss-reactive ketones (excluding diaryl/α,β-unsaturated/α-hetero) is 1. The number of aryl methyl sites for hydroxylation is 1. The average molecular weight is 392 g/mol. The summed E-state index contributed by atoms with van der Waals surface area (Å²) in [6, 6.07) is 4.36. The molecule has 7 heteroatoms. The number of rotatable bonds is 8. The van der Waals surface area contributed by atoms with Crippen molar-refractivity contribution < 1.29 is 24.2 Å². The van der Waals surface area contributed by atoms with Crippen molar-refractivity contribution in [2.45, 2.75) is 27.3 Å². The minimum absolute atomic E-state index is 0.0350. The number of halogens is 1. The third-order valence-corrected chi connectivity index (χ3v) is 4.37. The number of allylic oxidation sites excluding steroid dienone is 1. The summed E-state index contributed by atoms with van der Waals surface area (Å²) in [7, 11) is 0. The first-order valence-electron chi connectivity index (χ1n) is 8.43. The average Bonchev–Trinajstić information content (AvgIpc) is 2.91. The molecule has 2 rings (SSSR count). The maximum Gasteiger partial charge on any atom is 0.338 e. The van der Waals surface area contributed by atoms with E-state index in [4.69, 9.17) is 21.1 Å². The minimum atomic E-state index is -0.730. The van der Waals surface area contributed by atoms with E-state index in [1.807, 2.05) is 18.4 Å². The fraction of sp³-hybridized carbons (Fsp3) is 0.300. The fourth-order valence-corrected chi connectivity index (χ4v) is 2.95. The van der Waals surface area contributed by atoms with E-state index in [0.29, 0.717) is 18.7 Å². The summed E-state index contributed by atoms with van der Waals surface area (Å²) in [6.07, 6.45) is 1.75. The van der Waals surface area contributed by atoms with Crippen molar-refractivity contribution in [1.29, 1.82) is 0 Å². The predicted molar refractivity (Wildman–Crippen MR) is 103 cm³/mol. The molecule has 0 aliphatic rings. The Kier molecular flexibility index (Phi) is 6.69. The number of ether oxygens (including phenoxy) is 2. The zero-order chi connectivity index (χ0) is 20.1. The van der Waals surface area contributed by atoms with Crippen molar-refractivity contribution in [3.63, 3.8) is 0 Å². The quantitative estimate of drug-likeness (QED) is 0.416. The first kappa shape index (κ1) is 20.6. The Hall–Kier alpha value is -2.73. The first-order chi connectivity index (χ1) is 12.8. The van der Waals surface area contributed by atoms with Crippen molar-refractivity contribution in [2.75, 3.05) is 13.2 Å². The number of nitrogens with zero attached hydrogens (tertiary/aromatic N) is 1. The zero-order valence-corrected chi connectivity index (χ0v) is 16.3. The standard InChI is InChI=1S/C20H22ClNO5/c1-5-7-22-12(3)8-15(13(22)4)17(23)11-27-20(25)14-9-16(21)19(24)18(10-14)26-6-2/h5,8-10,24H,1,6-7,11H2,2-4H3. The second-order valence-corrected chi connectivity index (χ2v) is 6.33. The molecule has 1 N–H and O–H groups in total. The van der Waals surface area contributed by atoms with Crippen molar-refractivity contribution >= 4 is 23.4 Å². The molecule has 0 aliphatic heterocycles. The van der Waals surface area contributed by atoms with E-state index >= 15 is 0 Å². The highest BCUT2D eigenvalue weighted by molar-refractivity contribution is 6.32. The number of aromatic hydroxyl groups is 1. The molecule has 144 valence electrons. The lowest BCUT2D eigenvalue weighted by molar-refractivity contribution is 0.0474. The second-order valence-electron chi connectivity index (χ2n) is 5.92. The van der Waals surface area contributed by atoms with Crippen LogP contribution in [0.1, 0.15) is 39.0 Å². The molecular formula is C20H22ClNO5. The van der Waals surface area contributed by atoms with Gasteiger partial charge in [0.2, 0.25) is 5.78 Å². The van der Waals surface area contributed by atoms with Crippen LogP contribution >= 0.6 is 11.6 Å². The topological polar surface area (TPSA) is 77.8 Å². The van der Waals surface area contributed by atoms with E-state index in [0.717, 1.165) is 11.4 Å². The molecule has 0 bridgehead atoms. The fourth-order valence-electron chi connectivity index (χ4n) is 2.74. The molecule has 0 atom stereocenters. The third-order valence-electron chi connectivity index (χ3n) is 4.08. The highest BCUT2D eigenvalue weighted by atomic mass is 35.5. The number of hydrogen-bond acceptors (Lipinski definition) is 5. The molecule has 1 aromatic heterocycles. The predicted octanol–water partition coefficient (Wildman–Crippen LogP) is 4.09.